The third kappa shape index (κ3) is 1.47. The molecule has 4 nitrogen and oxygen atoms in total. The molecule has 0 atom stereocenters. The van der Waals surface area contributed by atoms with Crippen LogP contribution in [0.5, 0.6) is 5.75 Å². The van der Waals surface area contributed by atoms with E-state index in [1.165, 1.54) is 12.1 Å². The van der Waals surface area contributed by atoms with Crippen molar-refractivity contribution >= 4 is 5.97 Å². The largest absolute Gasteiger partial charge is 0.508 e. The highest BCUT2D eigenvalue weighted by Gasteiger charge is 2.51. The number of hydrogen-bond donors (Lipinski definition) is 3. The molecule has 0 heterocycles. The van der Waals surface area contributed by atoms with Crippen molar-refractivity contribution in [2.24, 2.45) is 0 Å². The Morgan fingerprint density at radius 1 is 1.40 bits per heavy atom. The Morgan fingerprint density at radius 3 is 2.53 bits per heavy atom. The van der Waals surface area contributed by atoms with Crippen molar-refractivity contribution in [1.82, 2.24) is 0 Å². The number of benzene rings is 1. The zero-order valence-electron chi connectivity index (χ0n) is 8.05. The quantitative estimate of drug-likeness (QED) is 0.673. The predicted molar refractivity (Wildman–Crippen MR) is 52.7 cm³/mol. The lowest BCUT2D eigenvalue weighted by Crippen LogP contribution is -2.50. The van der Waals surface area contributed by atoms with Gasteiger partial charge >= 0.3 is 5.97 Å². The van der Waals surface area contributed by atoms with Crippen LogP contribution < -0.4 is 0 Å². The molecule has 1 aliphatic rings. The molecule has 0 spiro atoms. The molecule has 1 fully saturated rings. The van der Waals surface area contributed by atoms with Crippen molar-refractivity contribution in [2.75, 3.05) is 0 Å². The van der Waals surface area contributed by atoms with Gasteiger partial charge in [0.15, 0.2) is 0 Å². The van der Waals surface area contributed by atoms with Gasteiger partial charge in [-0.05, 0) is 30.5 Å². The Morgan fingerprint density at radius 2 is 2.07 bits per heavy atom. The molecule has 80 valence electrons. The number of aliphatic hydroxyl groups is 1. The Bertz CT molecular complexity index is 393. The van der Waals surface area contributed by atoms with E-state index in [0.29, 0.717) is 5.56 Å². The van der Waals surface area contributed by atoms with Crippen molar-refractivity contribution in [1.29, 1.82) is 0 Å². The molecule has 0 aromatic heterocycles. The smallest absolute Gasteiger partial charge is 0.314 e. The monoisotopic (exact) mass is 208 g/mol. The minimum atomic E-state index is -1.02. The molecule has 3 N–H and O–H groups in total. The molecule has 0 unspecified atom stereocenters. The second kappa shape index (κ2) is 3.24. The van der Waals surface area contributed by atoms with Gasteiger partial charge in [0, 0.05) is 0 Å². The summed E-state index contributed by atoms with van der Waals surface area (Å²) in [4.78, 5) is 11.2. The maximum absolute atomic E-state index is 11.2. The summed E-state index contributed by atoms with van der Waals surface area (Å²) in [5.41, 5.74) is -0.460. The van der Waals surface area contributed by atoms with Crippen LogP contribution in [0.1, 0.15) is 18.4 Å². The van der Waals surface area contributed by atoms with E-state index in [-0.39, 0.29) is 18.6 Å². The maximum atomic E-state index is 11.2. The van der Waals surface area contributed by atoms with E-state index in [4.69, 9.17) is 5.11 Å². The number of hydrogen-bond acceptors (Lipinski definition) is 3. The highest BCUT2D eigenvalue weighted by molar-refractivity contribution is 5.83. The fourth-order valence-corrected chi connectivity index (χ4v) is 2.08. The van der Waals surface area contributed by atoms with E-state index in [1.54, 1.807) is 12.1 Å². The van der Waals surface area contributed by atoms with E-state index >= 15 is 0 Å². The van der Waals surface area contributed by atoms with Crippen molar-refractivity contribution in [3.05, 3.63) is 29.8 Å². The highest BCUT2D eigenvalue weighted by atomic mass is 16.4. The van der Waals surface area contributed by atoms with Crippen LogP contribution >= 0.6 is 0 Å². The van der Waals surface area contributed by atoms with E-state index in [1.807, 2.05) is 0 Å². The first-order valence-corrected chi connectivity index (χ1v) is 4.75. The molecular weight excluding hydrogens is 196 g/mol. The summed E-state index contributed by atoms with van der Waals surface area (Å²) in [6.07, 6.45) is -0.124. The normalized spacial score (nSPS) is 29.5. The summed E-state index contributed by atoms with van der Waals surface area (Å²) in [6.45, 7) is 0. The van der Waals surface area contributed by atoms with Crippen LogP contribution in [0.25, 0.3) is 0 Å². The van der Waals surface area contributed by atoms with Gasteiger partial charge < -0.3 is 15.3 Å². The minimum Gasteiger partial charge on any atom is -0.508 e. The third-order valence-electron chi connectivity index (χ3n) is 2.98. The second-order valence-electron chi connectivity index (χ2n) is 4.00. The van der Waals surface area contributed by atoms with Crippen LogP contribution in [0.2, 0.25) is 0 Å². The summed E-state index contributed by atoms with van der Waals surface area (Å²) >= 11 is 0. The summed E-state index contributed by atoms with van der Waals surface area (Å²) in [5, 5.41) is 27.7. The lowest BCUT2D eigenvalue weighted by atomic mass is 9.63. The topological polar surface area (TPSA) is 77.8 Å². The molecule has 0 radical (unpaired) electrons. The lowest BCUT2D eigenvalue weighted by molar-refractivity contribution is -0.152. The van der Waals surface area contributed by atoms with E-state index < -0.39 is 17.5 Å². The number of carbonyl (C=O) groups is 1. The van der Waals surface area contributed by atoms with Crippen molar-refractivity contribution < 1.29 is 20.1 Å². The summed E-state index contributed by atoms with van der Waals surface area (Å²) in [7, 11) is 0. The standard InChI is InChI=1S/C11H12O4/c12-8-3-1-2-7(4-8)11(10(14)15)5-9(13)6-11/h1-4,9,12-13H,5-6H2,(H,14,15). The Balaban J connectivity index is 2.39. The average Bonchev–Trinajstić information content (AvgIpc) is 2.12. The summed E-state index contributed by atoms with van der Waals surface area (Å²) < 4.78 is 0. The fraction of sp³-hybridized carbons (Fsp3) is 0.364. The molecule has 2 rings (SSSR count). The van der Waals surface area contributed by atoms with E-state index in [9.17, 15) is 15.0 Å². The van der Waals surface area contributed by atoms with Gasteiger partial charge in [-0.15, -0.1) is 0 Å². The first-order valence-electron chi connectivity index (χ1n) is 4.75. The van der Waals surface area contributed by atoms with Crippen LogP contribution in [0, 0.1) is 0 Å². The number of carboxylic acid groups (broad SMARTS) is 1. The number of aliphatic hydroxyl groups excluding tert-OH is 1. The van der Waals surface area contributed by atoms with Gasteiger partial charge in [-0.2, -0.15) is 0 Å². The van der Waals surface area contributed by atoms with Crippen molar-refractivity contribution in [3.63, 3.8) is 0 Å². The first kappa shape index (κ1) is 9.98. The van der Waals surface area contributed by atoms with Crippen LogP contribution in [0.4, 0.5) is 0 Å². The minimum absolute atomic E-state index is 0.0505. The predicted octanol–water partition coefficient (Wildman–Crippen LogP) is 0.869. The second-order valence-corrected chi connectivity index (χ2v) is 4.00. The maximum Gasteiger partial charge on any atom is 0.314 e. The Hall–Kier alpha value is -1.55. The number of phenolic OH excluding ortho intramolecular Hbond substituents is 1. The molecule has 15 heavy (non-hydrogen) atoms. The van der Waals surface area contributed by atoms with Gasteiger partial charge in [0.25, 0.3) is 0 Å². The van der Waals surface area contributed by atoms with Crippen molar-refractivity contribution in [3.8, 4) is 5.75 Å². The lowest BCUT2D eigenvalue weighted by Gasteiger charge is -2.42. The number of phenols is 1. The molecule has 1 aromatic carbocycles. The molecule has 1 saturated carbocycles. The summed E-state index contributed by atoms with van der Waals surface area (Å²) in [6, 6.07) is 6.22. The van der Waals surface area contributed by atoms with Crippen LogP contribution in [0.15, 0.2) is 24.3 Å². The number of aromatic hydroxyl groups is 1. The third-order valence-corrected chi connectivity index (χ3v) is 2.98. The first-order chi connectivity index (χ1) is 7.04. The zero-order chi connectivity index (χ0) is 11.1. The summed E-state index contributed by atoms with van der Waals surface area (Å²) in [5.74, 6) is -0.895. The Kier molecular flexibility index (Phi) is 2.16. The molecule has 1 aliphatic carbocycles. The number of rotatable bonds is 2. The zero-order valence-corrected chi connectivity index (χ0v) is 8.05. The average molecular weight is 208 g/mol. The number of carboxylic acids is 1. The molecular formula is C11H12O4. The van der Waals surface area contributed by atoms with Gasteiger partial charge in [0.1, 0.15) is 5.75 Å². The van der Waals surface area contributed by atoms with Gasteiger partial charge in [-0.1, -0.05) is 12.1 Å². The molecule has 1 aromatic rings. The van der Waals surface area contributed by atoms with Gasteiger partial charge in [0.05, 0.1) is 11.5 Å². The van der Waals surface area contributed by atoms with E-state index in [0.717, 1.165) is 0 Å². The molecule has 0 aliphatic heterocycles. The van der Waals surface area contributed by atoms with Gasteiger partial charge in [-0.25, -0.2) is 0 Å². The van der Waals surface area contributed by atoms with E-state index in [2.05, 4.69) is 0 Å². The fourth-order valence-electron chi connectivity index (χ4n) is 2.08. The highest BCUT2D eigenvalue weighted by Crippen LogP contribution is 2.44. The van der Waals surface area contributed by atoms with Gasteiger partial charge in [0.2, 0.25) is 0 Å². The SMILES string of the molecule is O=C(O)C1(c2cccc(O)c2)CC(O)C1. The number of aliphatic carboxylic acids is 1. The van der Waals surface area contributed by atoms with Crippen LogP contribution in [0.3, 0.4) is 0 Å². The molecule has 4 heteroatoms. The van der Waals surface area contributed by atoms with Crippen molar-refractivity contribution in [2.45, 2.75) is 24.4 Å². The van der Waals surface area contributed by atoms with Crippen LogP contribution in [-0.2, 0) is 10.2 Å². The molecule has 0 bridgehead atoms. The molecule has 0 amide bonds. The van der Waals surface area contributed by atoms with Crippen LogP contribution in [-0.4, -0.2) is 27.4 Å². The molecule has 0 saturated heterocycles. The Labute approximate surface area is 86.8 Å². The van der Waals surface area contributed by atoms with Gasteiger partial charge in [-0.3, -0.25) is 4.79 Å².